The maximum Gasteiger partial charge on any atom is 0.249 e. The SMILES string of the molecule is CCC=C(C)C(=O)N1CC(O)(C2CC2)C1. The molecule has 3 heteroatoms. The van der Waals surface area contributed by atoms with Gasteiger partial charge >= 0.3 is 0 Å². The van der Waals surface area contributed by atoms with Gasteiger partial charge in [-0.15, -0.1) is 0 Å². The van der Waals surface area contributed by atoms with Crippen molar-refractivity contribution < 1.29 is 9.90 Å². The maximum atomic E-state index is 11.8. The Kier molecular flexibility index (Phi) is 2.59. The zero-order valence-corrected chi connectivity index (χ0v) is 9.49. The fraction of sp³-hybridized carbons (Fsp3) is 0.750. The van der Waals surface area contributed by atoms with Crippen LogP contribution in [0.1, 0.15) is 33.1 Å². The van der Waals surface area contributed by atoms with Crippen molar-refractivity contribution in [1.29, 1.82) is 0 Å². The minimum Gasteiger partial charge on any atom is -0.386 e. The quantitative estimate of drug-likeness (QED) is 0.712. The molecule has 1 N–H and O–H groups in total. The van der Waals surface area contributed by atoms with Crippen molar-refractivity contribution in [1.82, 2.24) is 4.90 Å². The molecule has 1 saturated heterocycles. The van der Waals surface area contributed by atoms with Crippen molar-refractivity contribution in [3.63, 3.8) is 0 Å². The number of aliphatic hydroxyl groups is 1. The smallest absolute Gasteiger partial charge is 0.249 e. The molecule has 0 aromatic rings. The first kappa shape index (κ1) is 10.7. The average molecular weight is 209 g/mol. The summed E-state index contributed by atoms with van der Waals surface area (Å²) >= 11 is 0. The topological polar surface area (TPSA) is 40.5 Å². The molecular weight excluding hydrogens is 190 g/mol. The molecule has 0 radical (unpaired) electrons. The molecule has 0 bridgehead atoms. The van der Waals surface area contributed by atoms with Gasteiger partial charge in [-0.1, -0.05) is 13.0 Å². The van der Waals surface area contributed by atoms with E-state index in [0.29, 0.717) is 19.0 Å². The molecule has 84 valence electrons. The van der Waals surface area contributed by atoms with Gasteiger partial charge in [-0.3, -0.25) is 4.79 Å². The Bertz CT molecular complexity index is 299. The molecule has 1 aliphatic carbocycles. The Hall–Kier alpha value is -0.830. The molecule has 1 heterocycles. The fourth-order valence-electron chi connectivity index (χ4n) is 2.28. The number of hydrogen-bond donors (Lipinski definition) is 1. The Morgan fingerprint density at radius 3 is 2.60 bits per heavy atom. The van der Waals surface area contributed by atoms with Gasteiger partial charge in [0, 0.05) is 5.57 Å². The van der Waals surface area contributed by atoms with Crippen LogP contribution < -0.4 is 0 Å². The van der Waals surface area contributed by atoms with Crippen molar-refractivity contribution in [2.24, 2.45) is 5.92 Å². The second kappa shape index (κ2) is 3.63. The van der Waals surface area contributed by atoms with E-state index in [9.17, 15) is 9.90 Å². The molecule has 0 unspecified atom stereocenters. The lowest BCUT2D eigenvalue weighted by Crippen LogP contribution is -2.64. The molecule has 2 fully saturated rings. The lowest BCUT2D eigenvalue weighted by atomic mass is 9.88. The third kappa shape index (κ3) is 1.93. The zero-order chi connectivity index (χ0) is 11.1. The van der Waals surface area contributed by atoms with Gasteiger partial charge in [-0.05, 0) is 32.1 Å². The van der Waals surface area contributed by atoms with Gasteiger partial charge in [0.2, 0.25) is 5.91 Å². The van der Waals surface area contributed by atoms with Crippen LogP contribution >= 0.6 is 0 Å². The summed E-state index contributed by atoms with van der Waals surface area (Å²) in [5.74, 6) is 0.541. The van der Waals surface area contributed by atoms with E-state index in [0.717, 1.165) is 24.8 Å². The van der Waals surface area contributed by atoms with Crippen LogP contribution in [0, 0.1) is 5.92 Å². The average Bonchev–Trinajstić information content (AvgIpc) is 2.95. The summed E-state index contributed by atoms with van der Waals surface area (Å²) in [5.41, 5.74) is 0.248. The van der Waals surface area contributed by atoms with Crippen molar-refractivity contribution in [3.05, 3.63) is 11.6 Å². The number of β-amino-alcohol motifs (C(OH)–C–C–N with tert-alkyl or cyclic N) is 1. The Balaban J connectivity index is 1.88. The van der Waals surface area contributed by atoms with E-state index in [-0.39, 0.29) is 5.91 Å². The Morgan fingerprint density at radius 2 is 2.13 bits per heavy atom. The predicted octanol–water partition coefficient (Wildman–Crippen LogP) is 1.33. The molecule has 2 rings (SSSR count). The normalized spacial score (nSPS) is 25.0. The number of allylic oxidation sites excluding steroid dienone is 1. The van der Waals surface area contributed by atoms with E-state index in [4.69, 9.17) is 0 Å². The van der Waals surface area contributed by atoms with E-state index in [1.807, 2.05) is 19.9 Å². The van der Waals surface area contributed by atoms with Crippen LogP contribution in [0.3, 0.4) is 0 Å². The lowest BCUT2D eigenvalue weighted by molar-refractivity contribution is -0.155. The second-order valence-corrected chi connectivity index (χ2v) is 4.83. The van der Waals surface area contributed by atoms with Gasteiger partial charge in [0.1, 0.15) is 5.60 Å². The van der Waals surface area contributed by atoms with E-state index in [1.54, 1.807) is 4.90 Å². The monoisotopic (exact) mass is 209 g/mol. The van der Waals surface area contributed by atoms with E-state index < -0.39 is 5.60 Å². The summed E-state index contributed by atoms with van der Waals surface area (Å²) < 4.78 is 0. The lowest BCUT2D eigenvalue weighted by Gasteiger charge is -2.47. The molecule has 0 spiro atoms. The number of hydrogen-bond acceptors (Lipinski definition) is 2. The molecule has 0 aromatic heterocycles. The number of carbonyl (C=O) groups excluding carboxylic acids is 1. The first-order valence-corrected chi connectivity index (χ1v) is 5.75. The van der Waals surface area contributed by atoms with Crippen molar-refractivity contribution in [3.8, 4) is 0 Å². The number of rotatable bonds is 3. The molecule has 1 aliphatic heterocycles. The first-order chi connectivity index (χ1) is 7.07. The number of amides is 1. The fourth-order valence-corrected chi connectivity index (χ4v) is 2.28. The second-order valence-electron chi connectivity index (χ2n) is 4.83. The highest BCUT2D eigenvalue weighted by molar-refractivity contribution is 5.93. The van der Waals surface area contributed by atoms with Crippen LogP contribution in [0.25, 0.3) is 0 Å². The van der Waals surface area contributed by atoms with Crippen LogP contribution in [-0.4, -0.2) is 34.6 Å². The predicted molar refractivity (Wildman–Crippen MR) is 58.3 cm³/mol. The molecule has 1 amide bonds. The maximum absolute atomic E-state index is 11.8. The number of likely N-dealkylation sites (tertiary alicyclic amines) is 1. The number of nitrogens with zero attached hydrogens (tertiary/aromatic N) is 1. The third-order valence-electron chi connectivity index (χ3n) is 3.40. The van der Waals surface area contributed by atoms with Gasteiger partial charge in [0.25, 0.3) is 0 Å². The van der Waals surface area contributed by atoms with Gasteiger partial charge in [-0.25, -0.2) is 0 Å². The van der Waals surface area contributed by atoms with Crippen LogP contribution in [0.2, 0.25) is 0 Å². The van der Waals surface area contributed by atoms with Gasteiger partial charge in [0.05, 0.1) is 13.1 Å². The summed E-state index contributed by atoms with van der Waals surface area (Å²) in [6, 6.07) is 0. The molecule has 15 heavy (non-hydrogen) atoms. The van der Waals surface area contributed by atoms with Crippen LogP contribution in [0.4, 0.5) is 0 Å². The molecular formula is C12H19NO2. The van der Waals surface area contributed by atoms with Crippen molar-refractivity contribution in [2.45, 2.75) is 38.7 Å². The van der Waals surface area contributed by atoms with E-state index >= 15 is 0 Å². The Morgan fingerprint density at radius 1 is 1.53 bits per heavy atom. The van der Waals surface area contributed by atoms with Crippen LogP contribution in [0.5, 0.6) is 0 Å². The van der Waals surface area contributed by atoms with Crippen LogP contribution in [-0.2, 0) is 4.79 Å². The van der Waals surface area contributed by atoms with Crippen molar-refractivity contribution in [2.75, 3.05) is 13.1 Å². The highest BCUT2D eigenvalue weighted by atomic mass is 16.3. The summed E-state index contributed by atoms with van der Waals surface area (Å²) in [6.07, 6.45) is 5.08. The van der Waals surface area contributed by atoms with Gasteiger partial charge in [-0.2, -0.15) is 0 Å². The van der Waals surface area contributed by atoms with Crippen molar-refractivity contribution >= 4 is 5.91 Å². The summed E-state index contributed by atoms with van der Waals surface area (Å²) in [6.45, 7) is 4.94. The standard InChI is InChI=1S/C12H19NO2/c1-3-4-9(2)11(14)13-7-12(15,8-13)10-5-6-10/h4,10,15H,3,5-8H2,1-2H3. The van der Waals surface area contributed by atoms with Gasteiger partial charge < -0.3 is 10.0 Å². The molecule has 2 aliphatic rings. The minimum absolute atomic E-state index is 0.0853. The highest BCUT2D eigenvalue weighted by Gasteiger charge is 2.53. The molecule has 0 atom stereocenters. The van der Waals surface area contributed by atoms with Gasteiger partial charge in [0.15, 0.2) is 0 Å². The zero-order valence-electron chi connectivity index (χ0n) is 9.49. The first-order valence-electron chi connectivity index (χ1n) is 5.75. The minimum atomic E-state index is -0.553. The molecule has 1 saturated carbocycles. The van der Waals surface area contributed by atoms with E-state index in [2.05, 4.69) is 0 Å². The summed E-state index contributed by atoms with van der Waals surface area (Å²) in [5, 5.41) is 10.1. The third-order valence-corrected chi connectivity index (χ3v) is 3.40. The molecule has 0 aromatic carbocycles. The summed E-state index contributed by atoms with van der Waals surface area (Å²) in [4.78, 5) is 13.5. The number of carbonyl (C=O) groups is 1. The summed E-state index contributed by atoms with van der Waals surface area (Å²) in [7, 11) is 0. The highest BCUT2D eigenvalue weighted by Crippen LogP contribution is 2.44. The molecule has 3 nitrogen and oxygen atoms in total. The van der Waals surface area contributed by atoms with E-state index in [1.165, 1.54) is 0 Å². The van der Waals surface area contributed by atoms with Crippen LogP contribution in [0.15, 0.2) is 11.6 Å². The largest absolute Gasteiger partial charge is 0.386 e. The Labute approximate surface area is 90.8 Å².